The molecule has 0 spiro atoms. The summed E-state index contributed by atoms with van der Waals surface area (Å²) in [4.78, 5) is 2.50. The van der Waals surface area contributed by atoms with Crippen LogP contribution in [0.2, 0.25) is 0 Å². The molecule has 1 aromatic carbocycles. The topological polar surface area (TPSA) is 58.0 Å². The van der Waals surface area contributed by atoms with Crippen LogP contribution in [-0.2, 0) is 0 Å². The molecule has 0 N–H and O–H groups in total. The first-order chi connectivity index (χ1) is 8.92. The van der Waals surface area contributed by atoms with E-state index in [0.29, 0.717) is 6.07 Å². The molecule has 0 saturated heterocycles. The summed E-state index contributed by atoms with van der Waals surface area (Å²) in [6.07, 6.45) is -4.64. The molecule has 0 unspecified atom stereocenters. The summed E-state index contributed by atoms with van der Waals surface area (Å²) >= 11 is 0. The van der Waals surface area contributed by atoms with Crippen molar-refractivity contribution in [3.05, 3.63) is 40.0 Å². The zero-order chi connectivity index (χ0) is 14.3. The number of alkyl halides is 3. The highest BCUT2D eigenvalue weighted by Crippen LogP contribution is 2.24. The molecular weight excluding hydrogens is 266 g/mol. The zero-order valence-electron chi connectivity index (χ0n) is 9.41. The summed E-state index contributed by atoms with van der Waals surface area (Å²) in [5.41, 5.74) is 7.93. The van der Waals surface area contributed by atoms with Crippen LogP contribution in [0.25, 0.3) is 10.4 Å². The van der Waals surface area contributed by atoms with E-state index in [0.717, 1.165) is 12.1 Å². The summed E-state index contributed by atoms with van der Waals surface area (Å²) in [6, 6.07) is 2.65. The van der Waals surface area contributed by atoms with Gasteiger partial charge < -0.3 is 4.74 Å². The van der Waals surface area contributed by atoms with Crippen LogP contribution in [0.5, 0.6) is 5.75 Å². The van der Waals surface area contributed by atoms with E-state index in [1.54, 1.807) is 0 Å². The monoisotopic (exact) mass is 273 g/mol. The first kappa shape index (κ1) is 14.7. The highest BCUT2D eigenvalue weighted by molar-refractivity contribution is 5.39. The summed E-state index contributed by atoms with van der Waals surface area (Å²) in [6.45, 7) is 0.139. The van der Waals surface area contributed by atoms with Crippen molar-refractivity contribution in [2.75, 3.05) is 6.54 Å². The summed E-state index contributed by atoms with van der Waals surface area (Å²) in [7, 11) is 0. The fourth-order valence-corrected chi connectivity index (χ4v) is 1.10. The average Bonchev–Trinajstić information content (AvgIpc) is 2.29. The van der Waals surface area contributed by atoms with Gasteiger partial charge in [-0.1, -0.05) is 17.0 Å². The van der Waals surface area contributed by atoms with E-state index in [1.807, 2.05) is 0 Å². The van der Waals surface area contributed by atoms with Crippen LogP contribution in [0, 0.1) is 17.7 Å². The first-order valence-corrected chi connectivity index (χ1v) is 4.97. The summed E-state index contributed by atoms with van der Waals surface area (Å²) in [5, 5.41) is 3.22. The minimum atomic E-state index is -4.87. The van der Waals surface area contributed by atoms with Crippen molar-refractivity contribution < 1.29 is 22.3 Å². The Morgan fingerprint density at radius 3 is 2.68 bits per heavy atom. The molecule has 0 aliphatic rings. The van der Waals surface area contributed by atoms with Gasteiger partial charge >= 0.3 is 6.36 Å². The van der Waals surface area contributed by atoms with Crippen molar-refractivity contribution in [2.24, 2.45) is 5.11 Å². The summed E-state index contributed by atoms with van der Waals surface area (Å²) < 4.78 is 52.6. The van der Waals surface area contributed by atoms with Gasteiger partial charge in [-0.15, -0.1) is 13.2 Å². The van der Waals surface area contributed by atoms with E-state index in [9.17, 15) is 17.6 Å². The van der Waals surface area contributed by atoms with Gasteiger partial charge in [0.2, 0.25) is 0 Å². The van der Waals surface area contributed by atoms with Crippen molar-refractivity contribution in [2.45, 2.75) is 12.8 Å². The number of nitrogens with zero attached hydrogens (tertiary/aromatic N) is 3. The zero-order valence-corrected chi connectivity index (χ0v) is 9.41. The van der Waals surface area contributed by atoms with Crippen LogP contribution in [0.3, 0.4) is 0 Å². The molecule has 0 bridgehead atoms. The number of hydrogen-bond acceptors (Lipinski definition) is 2. The van der Waals surface area contributed by atoms with Crippen molar-refractivity contribution >= 4 is 0 Å². The largest absolute Gasteiger partial charge is 0.573 e. The molecule has 0 heterocycles. The Morgan fingerprint density at radius 1 is 1.37 bits per heavy atom. The molecule has 0 fully saturated rings. The van der Waals surface area contributed by atoms with Crippen LogP contribution in [0.4, 0.5) is 17.6 Å². The quantitative estimate of drug-likeness (QED) is 0.206. The normalized spacial score (nSPS) is 10.1. The molecule has 0 radical (unpaired) electrons. The van der Waals surface area contributed by atoms with E-state index >= 15 is 0 Å². The van der Waals surface area contributed by atoms with Gasteiger partial charge in [-0.3, -0.25) is 0 Å². The maximum absolute atomic E-state index is 13.4. The molecule has 0 amide bonds. The Balaban J connectivity index is 2.74. The van der Waals surface area contributed by atoms with Gasteiger partial charge in [-0.2, -0.15) is 0 Å². The van der Waals surface area contributed by atoms with Gasteiger partial charge in [0.05, 0.1) is 5.56 Å². The molecule has 0 atom stereocenters. The Bertz CT molecular complexity index is 553. The van der Waals surface area contributed by atoms with Crippen LogP contribution < -0.4 is 4.74 Å². The van der Waals surface area contributed by atoms with Crippen molar-refractivity contribution in [3.63, 3.8) is 0 Å². The fraction of sp³-hybridized carbons (Fsp3) is 0.273. The number of azide groups is 1. The predicted octanol–water partition coefficient (Wildman–Crippen LogP) is 3.78. The number of halogens is 4. The maximum atomic E-state index is 13.4. The molecule has 8 heteroatoms. The number of benzene rings is 1. The first-order valence-electron chi connectivity index (χ1n) is 4.97. The Morgan fingerprint density at radius 2 is 2.11 bits per heavy atom. The minimum Gasteiger partial charge on any atom is -0.406 e. The van der Waals surface area contributed by atoms with Gasteiger partial charge in [0, 0.05) is 23.9 Å². The standard InChI is InChI=1S/C11H7F4N3O/c12-10-7-9(19-11(13,14)15)5-4-8(10)3-1-2-6-17-18-16/h4-5,7H,2,6H2. The third-order valence-corrected chi connectivity index (χ3v) is 1.80. The highest BCUT2D eigenvalue weighted by Gasteiger charge is 2.31. The van der Waals surface area contributed by atoms with Crippen LogP contribution in [-0.4, -0.2) is 12.9 Å². The van der Waals surface area contributed by atoms with E-state index in [2.05, 4.69) is 26.6 Å². The predicted molar refractivity (Wildman–Crippen MR) is 58.6 cm³/mol. The van der Waals surface area contributed by atoms with Crippen molar-refractivity contribution in [1.29, 1.82) is 0 Å². The van der Waals surface area contributed by atoms with Crippen molar-refractivity contribution in [3.8, 4) is 17.6 Å². The fourth-order valence-electron chi connectivity index (χ4n) is 1.10. The lowest BCUT2D eigenvalue weighted by atomic mass is 10.2. The second-order valence-corrected chi connectivity index (χ2v) is 3.20. The van der Waals surface area contributed by atoms with Crippen molar-refractivity contribution in [1.82, 2.24) is 0 Å². The Hall–Kier alpha value is -2.39. The maximum Gasteiger partial charge on any atom is 0.573 e. The smallest absolute Gasteiger partial charge is 0.406 e. The van der Waals surface area contributed by atoms with Gasteiger partial charge in [0.25, 0.3) is 0 Å². The van der Waals surface area contributed by atoms with E-state index < -0.39 is 17.9 Å². The Labute approximate surface area is 105 Å². The molecule has 0 aromatic heterocycles. The van der Waals surface area contributed by atoms with Crippen LogP contribution in [0.1, 0.15) is 12.0 Å². The van der Waals surface area contributed by atoms with Crippen LogP contribution >= 0.6 is 0 Å². The second-order valence-electron chi connectivity index (χ2n) is 3.20. The van der Waals surface area contributed by atoms with Gasteiger partial charge in [-0.05, 0) is 17.7 Å². The molecular formula is C11H7F4N3O. The summed E-state index contributed by atoms with van der Waals surface area (Å²) in [5.74, 6) is 3.38. The lowest BCUT2D eigenvalue weighted by molar-refractivity contribution is -0.274. The average molecular weight is 273 g/mol. The van der Waals surface area contributed by atoms with Gasteiger partial charge in [0.1, 0.15) is 11.6 Å². The third kappa shape index (κ3) is 5.66. The number of ether oxygens (including phenoxy) is 1. The molecule has 1 rings (SSSR count). The molecule has 19 heavy (non-hydrogen) atoms. The molecule has 0 aliphatic heterocycles. The minimum absolute atomic E-state index is 0.0598. The molecule has 4 nitrogen and oxygen atoms in total. The molecule has 100 valence electrons. The van der Waals surface area contributed by atoms with E-state index in [4.69, 9.17) is 5.53 Å². The van der Waals surface area contributed by atoms with Crippen LogP contribution in [0.15, 0.2) is 23.3 Å². The lowest BCUT2D eigenvalue weighted by Crippen LogP contribution is -2.17. The highest BCUT2D eigenvalue weighted by atomic mass is 19.4. The SMILES string of the molecule is [N-]=[N+]=NCCC#Cc1ccc(OC(F)(F)F)cc1F. The van der Waals surface area contributed by atoms with Gasteiger partial charge in [0.15, 0.2) is 0 Å². The lowest BCUT2D eigenvalue weighted by Gasteiger charge is -2.08. The molecule has 0 saturated carbocycles. The Kier molecular flexibility index (Phi) is 5.03. The number of hydrogen-bond donors (Lipinski definition) is 0. The third-order valence-electron chi connectivity index (χ3n) is 1.80. The molecule has 1 aromatic rings. The van der Waals surface area contributed by atoms with E-state index in [1.165, 1.54) is 0 Å². The number of rotatable bonds is 3. The molecule has 0 aliphatic carbocycles. The second kappa shape index (κ2) is 6.52. The van der Waals surface area contributed by atoms with E-state index in [-0.39, 0.29) is 18.5 Å². The van der Waals surface area contributed by atoms with Gasteiger partial charge in [-0.25, -0.2) is 4.39 Å².